The topological polar surface area (TPSA) is 96.0 Å². The fourth-order valence-corrected chi connectivity index (χ4v) is 5.04. The van der Waals surface area contributed by atoms with Gasteiger partial charge in [-0.15, -0.1) is 0 Å². The predicted octanol–water partition coefficient (Wildman–Crippen LogP) is 3.08. The van der Waals surface area contributed by atoms with Crippen molar-refractivity contribution in [1.82, 2.24) is 10.2 Å². The molecule has 1 aliphatic carbocycles. The number of anilines is 1. The van der Waals surface area contributed by atoms with Gasteiger partial charge in [-0.1, -0.05) is 37.1 Å². The second-order valence-electron chi connectivity index (χ2n) is 8.76. The first kappa shape index (κ1) is 26.5. The van der Waals surface area contributed by atoms with Gasteiger partial charge in [-0.3, -0.25) is 13.9 Å². The Kier molecular flexibility index (Phi) is 8.71. The number of hydrogen-bond donors (Lipinski definition) is 1. The molecular formula is C25H32FN3O5S. The average molecular weight is 506 g/mol. The Bertz CT molecular complexity index is 1130. The number of carbonyl (C=O) groups is 2. The second-order valence-corrected chi connectivity index (χ2v) is 10.7. The number of sulfonamides is 1. The van der Waals surface area contributed by atoms with Crippen LogP contribution in [0.5, 0.6) is 5.75 Å². The van der Waals surface area contributed by atoms with Gasteiger partial charge >= 0.3 is 0 Å². The van der Waals surface area contributed by atoms with Crippen LogP contribution in [0.3, 0.4) is 0 Å². The van der Waals surface area contributed by atoms with E-state index in [2.05, 4.69) is 5.32 Å². The van der Waals surface area contributed by atoms with E-state index >= 15 is 0 Å². The molecule has 2 aromatic carbocycles. The fourth-order valence-electron chi connectivity index (χ4n) is 4.19. The molecule has 1 fully saturated rings. The summed E-state index contributed by atoms with van der Waals surface area (Å²) in [5.74, 6) is -1.00. The molecule has 0 saturated heterocycles. The van der Waals surface area contributed by atoms with Crippen molar-refractivity contribution in [2.45, 2.75) is 51.2 Å². The highest BCUT2D eigenvalue weighted by Crippen LogP contribution is 2.29. The molecule has 0 radical (unpaired) electrons. The molecule has 0 spiro atoms. The monoisotopic (exact) mass is 505 g/mol. The predicted molar refractivity (Wildman–Crippen MR) is 132 cm³/mol. The molecule has 0 aliphatic heterocycles. The maximum Gasteiger partial charge on any atom is 0.244 e. The first-order valence-electron chi connectivity index (χ1n) is 11.5. The molecule has 1 unspecified atom stereocenters. The third-order valence-corrected chi connectivity index (χ3v) is 7.29. The molecule has 2 aromatic rings. The summed E-state index contributed by atoms with van der Waals surface area (Å²) >= 11 is 0. The van der Waals surface area contributed by atoms with Crippen LogP contribution in [-0.4, -0.2) is 57.1 Å². The van der Waals surface area contributed by atoms with E-state index in [-0.39, 0.29) is 24.2 Å². The average Bonchev–Trinajstić information content (AvgIpc) is 3.34. The van der Waals surface area contributed by atoms with Crippen molar-refractivity contribution in [2.75, 3.05) is 24.2 Å². The molecule has 2 amide bonds. The van der Waals surface area contributed by atoms with Gasteiger partial charge in [-0.25, -0.2) is 12.8 Å². The number of carbonyl (C=O) groups excluding carboxylic acids is 2. The Balaban J connectivity index is 1.89. The Labute approximate surface area is 206 Å². The van der Waals surface area contributed by atoms with Gasteiger partial charge in [-0.05, 0) is 49.6 Å². The van der Waals surface area contributed by atoms with E-state index in [4.69, 9.17) is 4.74 Å². The highest BCUT2D eigenvalue weighted by molar-refractivity contribution is 7.92. The SMILES string of the molecule is COc1ccccc1N(CC(=O)N(Cc1ccc(F)cc1)C(C)C(=O)NC1CCCC1)S(C)(=O)=O. The van der Waals surface area contributed by atoms with Crippen LogP contribution in [0, 0.1) is 5.82 Å². The zero-order valence-corrected chi connectivity index (χ0v) is 21.1. The first-order chi connectivity index (χ1) is 16.6. The molecule has 8 nitrogen and oxygen atoms in total. The van der Waals surface area contributed by atoms with E-state index in [1.54, 1.807) is 31.2 Å². The Morgan fingerprint density at radius 2 is 1.74 bits per heavy atom. The van der Waals surface area contributed by atoms with Crippen LogP contribution in [-0.2, 0) is 26.2 Å². The molecule has 0 heterocycles. The lowest BCUT2D eigenvalue weighted by molar-refractivity contribution is -0.139. The molecule has 1 atom stereocenters. The van der Waals surface area contributed by atoms with Crippen molar-refractivity contribution in [3.8, 4) is 5.75 Å². The van der Waals surface area contributed by atoms with Crippen molar-refractivity contribution in [3.05, 3.63) is 59.9 Å². The number of nitrogens with one attached hydrogen (secondary N) is 1. The maximum absolute atomic E-state index is 13.6. The largest absolute Gasteiger partial charge is 0.495 e. The van der Waals surface area contributed by atoms with Gasteiger partial charge in [0.25, 0.3) is 0 Å². The number of methoxy groups -OCH3 is 1. The number of nitrogens with zero attached hydrogens (tertiary/aromatic N) is 2. The number of rotatable bonds is 10. The minimum atomic E-state index is -3.87. The first-order valence-corrected chi connectivity index (χ1v) is 13.4. The number of ether oxygens (including phenoxy) is 1. The van der Waals surface area contributed by atoms with Crippen LogP contribution in [0.2, 0.25) is 0 Å². The van der Waals surface area contributed by atoms with E-state index in [0.29, 0.717) is 11.3 Å². The number of hydrogen-bond acceptors (Lipinski definition) is 5. The summed E-state index contributed by atoms with van der Waals surface area (Å²) in [4.78, 5) is 27.9. The number of amides is 2. The molecule has 0 aromatic heterocycles. The molecule has 190 valence electrons. The van der Waals surface area contributed by atoms with Gasteiger partial charge < -0.3 is 15.0 Å². The summed E-state index contributed by atoms with van der Waals surface area (Å²) in [5.41, 5.74) is 0.833. The molecule has 3 rings (SSSR count). The van der Waals surface area contributed by atoms with Gasteiger partial charge in [0.2, 0.25) is 21.8 Å². The lowest BCUT2D eigenvalue weighted by Crippen LogP contribution is -2.52. The van der Waals surface area contributed by atoms with Crippen LogP contribution < -0.4 is 14.4 Å². The van der Waals surface area contributed by atoms with Crippen LogP contribution in [0.25, 0.3) is 0 Å². The molecule has 1 aliphatic rings. The summed E-state index contributed by atoms with van der Waals surface area (Å²) in [6, 6.07) is 11.3. The zero-order chi connectivity index (χ0) is 25.6. The lowest BCUT2D eigenvalue weighted by Gasteiger charge is -2.32. The Morgan fingerprint density at radius 3 is 2.34 bits per heavy atom. The van der Waals surface area contributed by atoms with Crippen molar-refractivity contribution in [1.29, 1.82) is 0 Å². The second kappa shape index (κ2) is 11.5. The summed E-state index contributed by atoms with van der Waals surface area (Å²) in [5, 5.41) is 3.00. The van der Waals surface area contributed by atoms with Crippen molar-refractivity contribution in [2.24, 2.45) is 0 Å². The van der Waals surface area contributed by atoms with Gasteiger partial charge in [0.05, 0.1) is 19.1 Å². The van der Waals surface area contributed by atoms with Gasteiger partial charge in [0.15, 0.2) is 0 Å². The van der Waals surface area contributed by atoms with E-state index < -0.39 is 34.3 Å². The lowest BCUT2D eigenvalue weighted by atomic mass is 10.1. The zero-order valence-electron chi connectivity index (χ0n) is 20.2. The molecule has 1 saturated carbocycles. The van der Waals surface area contributed by atoms with Crippen LogP contribution in [0.15, 0.2) is 48.5 Å². The number of benzene rings is 2. The molecule has 35 heavy (non-hydrogen) atoms. The number of para-hydroxylation sites is 2. The van der Waals surface area contributed by atoms with E-state index in [0.717, 1.165) is 36.2 Å². The minimum absolute atomic E-state index is 0.0158. The summed E-state index contributed by atoms with van der Waals surface area (Å²) in [7, 11) is -2.45. The van der Waals surface area contributed by atoms with Gasteiger partial charge in [0, 0.05) is 12.6 Å². The molecule has 10 heteroatoms. The summed E-state index contributed by atoms with van der Waals surface area (Å²) in [6.45, 7) is 1.10. The molecular weight excluding hydrogens is 473 g/mol. The van der Waals surface area contributed by atoms with Crippen molar-refractivity contribution < 1.29 is 27.1 Å². The third kappa shape index (κ3) is 6.94. The van der Waals surface area contributed by atoms with Crippen molar-refractivity contribution >= 4 is 27.5 Å². The number of halogens is 1. The summed E-state index contributed by atoms with van der Waals surface area (Å²) in [6.07, 6.45) is 4.87. The Morgan fingerprint density at radius 1 is 1.11 bits per heavy atom. The Hall–Kier alpha value is -3.14. The fraction of sp³-hybridized carbons (Fsp3) is 0.440. The molecule has 1 N–H and O–H groups in total. The standard InChI is InChI=1S/C25H32FN3O5S/c1-18(25(31)27-21-8-4-5-9-21)28(16-19-12-14-20(26)15-13-19)24(30)17-29(35(3,32)33)22-10-6-7-11-23(22)34-2/h6-7,10-15,18,21H,4-5,8-9,16-17H2,1-3H3,(H,27,31). The molecule has 0 bridgehead atoms. The van der Waals surface area contributed by atoms with E-state index in [1.807, 2.05) is 0 Å². The van der Waals surface area contributed by atoms with Crippen LogP contribution in [0.1, 0.15) is 38.2 Å². The van der Waals surface area contributed by atoms with E-state index in [1.165, 1.54) is 36.3 Å². The van der Waals surface area contributed by atoms with Gasteiger partial charge in [0.1, 0.15) is 24.2 Å². The van der Waals surface area contributed by atoms with Gasteiger partial charge in [-0.2, -0.15) is 0 Å². The van der Waals surface area contributed by atoms with Crippen molar-refractivity contribution in [3.63, 3.8) is 0 Å². The third-order valence-electron chi connectivity index (χ3n) is 6.17. The summed E-state index contributed by atoms with van der Waals surface area (Å²) < 4.78 is 45.0. The highest BCUT2D eigenvalue weighted by atomic mass is 32.2. The van der Waals surface area contributed by atoms with E-state index in [9.17, 15) is 22.4 Å². The smallest absolute Gasteiger partial charge is 0.244 e. The normalized spacial score (nSPS) is 14.9. The van der Waals surface area contributed by atoms with Crippen LogP contribution in [0.4, 0.5) is 10.1 Å². The quantitative estimate of drug-likeness (QED) is 0.535. The highest BCUT2D eigenvalue weighted by Gasteiger charge is 2.32. The maximum atomic E-state index is 13.6. The van der Waals surface area contributed by atoms with Crippen LogP contribution >= 0.6 is 0 Å². The minimum Gasteiger partial charge on any atom is -0.495 e.